The molecule has 1 heterocycles. The van der Waals surface area contributed by atoms with Crippen LogP contribution in [0.15, 0.2) is 12.1 Å². The topological polar surface area (TPSA) is 73.6 Å². The molecule has 0 aliphatic carbocycles. The molecule has 1 aliphatic heterocycles. The molecule has 0 amide bonds. The summed E-state index contributed by atoms with van der Waals surface area (Å²) in [5, 5.41) is 3.76. The molecule has 0 bridgehead atoms. The van der Waals surface area contributed by atoms with Gasteiger partial charge in [-0.25, -0.2) is 4.79 Å². The number of anilines is 2. The number of rotatable bonds is 4. The molecule has 0 aromatic heterocycles. The van der Waals surface area contributed by atoms with Gasteiger partial charge in [-0.2, -0.15) is 0 Å². The Balaban J connectivity index is 2.40. The number of esters is 1. The van der Waals surface area contributed by atoms with Gasteiger partial charge in [0.1, 0.15) is 0 Å². The van der Waals surface area contributed by atoms with Crippen LogP contribution in [-0.2, 0) is 9.47 Å². The zero-order valence-corrected chi connectivity index (χ0v) is 13.3. The van der Waals surface area contributed by atoms with Crippen molar-refractivity contribution in [2.75, 3.05) is 24.3 Å². The van der Waals surface area contributed by atoms with E-state index in [0.717, 1.165) is 6.42 Å². The van der Waals surface area contributed by atoms with Crippen LogP contribution in [-0.4, -0.2) is 30.8 Å². The molecule has 2 atom stereocenters. The molecule has 21 heavy (non-hydrogen) atoms. The van der Waals surface area contributed by atoms with E-state index in [9.17, 15) is 4.79 Å². The summed E-state index contributed by atoms with van der Waals surface area (Å²) in [7, 11) is 0. The van der Waals surface area contributed by atoms with Crippen LogP contribution in [0.2, 0.25) is 5.02 Å². The minimum atomic E-state index is -0.440. The fraction of sp³-hybridized carbons (Fsp3) is 0.533. The molecule has 0 saturated carbocycles. The predicted octanol–water partition coefficient (Wildman–Crippen LogP) is 3.08. The molecule has 116 valence electrons. The molecule has 1 aromatic rings. The van der Waals surface area contributed by atoms with Crippen LogP contribution in [0.5, 0.6) is 0 Å². The van der Waals surface area contributed by atoms with E-state index in [1.165, 1.54) is 0 Å². The van der Waals surface area contributed by atoms with Gasteiger partial charge in [0.2, 0.25) is 0 Å². The highest BCUT2D eigenvalue weighted by molar-refractivity contribution is 6.34. The van der Waals surface area contributed by atoms with Crippen molar-refractivity contribution in [3.63, 3.8) is 0 Å². The Bertz CT molecular complexity index is 550. The van der Waals surface area contributed by atoms with Crippen LogP contribution in [0.1, 0.15) is 37.6 Å². The lowest BCUT2D eigenvalue weighted by molar-refractivity contribution is 0.0527. The Kier molecular flexibility index (Phi) is 4.64. The highest BCUT2D eigenvalue weighted by Gasteiger charge is 2.38. The molecular formula is C15H21ClN2O3. The molecule has 1 fully saturated rings. The normalized spacial score (nSPS) is 24.9. The fourth-order valence-corrected chi connectivity index (χ4v) is 2.68. The van der Waals surface area contributed by atoms with E-state index in [0.29, 0.717) is 35.2 Å². The SMILES string of the molecule is CCOC(=O)c1cc(N)cc(Cl)c1NC1(C)CCOC1C. The van der Waals surface area contributed by atoms with Crippen LogP contribution in [0, 0.1) is 0 Å². The average Bonchev–Trinajstić information content (AvgIpc) is 2.73. The van der Waals surface area contributed by atoms with Gasteiger partial charge in [-0.3, -0.25) is 0 Å². The second-order valence-electron chi connectivity index (χ2n) is 5.45. The summed E-state index contributed by atoms with van der Waals surface area (Å²) in [5.41, 5.74) is 6.82. The van der Waals surface area contributed by atoms with Gasteiger partial charge in [0.15, 0.2) is 0 Å². The second-order valence-corrected chi connectivity index (χ2v) is 5.86. The third-order valence-corrected chi connectivity index (χ3v) is 4.20. The van der Waals surface area contributed by atoms with E-state index in [2.05, 4.69) is 5.32 Å². The maximum atomic E-state index is 12.1. The van der Waals surface area contributed by atoms with Gasteiger partial charge in [-0.15, -0.1) is 0 Å². The number of nitrogens with one attached hydrogen (secondary N) is 1. The molecule has 3 N–H and O–H groups in total. The van der Waals surface area contributed by atoms with Crippen molar-refractivity contribution in [1.29, 1.82) is 0 Å². The maximum Gasteiger partial charge on any atom is 0.340 e. The van der Waals surface area contributed by atoms with Crippen molar-refractivity contribution in [2.24, 2.45) is 0 Å². The summed E-state index contributed by atoms with van der Waals surface area (Å²) < 4.78 is 10.7. The smallest absolute Gasteiger partial charge is 0.340 e. The molecule has 0 spiro atoms. The van der Waals surface area contributed by atoms with Gasteiger partial charge in [0, 0.05) is 12.3 Å². The number of carbonyl (C=O) groups is 1. The van der Waals surface area contributed by atoms with E-state index in [1.54, 1.807) is 19.1 Å². The van der Waals surface area contributed by atoms with Crippen molar-refractivity contribution in [3.8, 4) is 0 Å². The molecule has 6 heteroatoms. The quantitative estimate of drug-likeness (QED) is 0.660. The molecule has 5 nitrogen and oxygen atoms in total. The van der Waals surface area contributed by atoms with Gasteiger partial charge < -0.3 is 20.5 Å². The Morgan fingerprint density at radius 2 is 2.33 bits per heavy atom. The summed E-state index contributed by atoms with van der Waals surface area (Å²) in [6.45, 7) is 6.77. The van der Waals surface area contributed by atoms with Crippen molar-refractivity contribution >= 4 is 28.9 Å². The largest absolute Gasteiger partial charge is 0.462 e. The molecule has 0 radical (unpaired) electrons. The molecule has 1 saturated heterocycles. The predicted molar refractivity (Wildman–Crippen MR) is 83.9 cm³/mol. The summed E-state index contributed by atoms with van der Waals surface area (Å²) >= 11 is 6.28. The summed E-state index contributed by atoms with van der Waals surface area (Å²) in [6.07, 6.45) is 0.845. The van der Waals surface area contributed by atoms with E-state index < -0.39 is 5.97 Å². The molecule has 2 rings (SSSR count). The number of nitrogen functional groups attached to an aromatic ring is 1. The first kappa shape index (κ1) is 15.9. The maximum absolute atomic E-state index is 12.1. The molecule has 1 aromatic carbocycles. The number of hydrogen-bond donors (Lipinski definition) is 2. The van der Waals surface area contributed by atoms with Gasteiger partial charge in [0.05, 0.1) is 34.5 Å². The van der Waals surface area contributed by atoms with Crippen LogP contribution in [0.3, 0.4) is 0 Å². The van der Waals surface area contributed by atoms with Crippen LogP contribution < -0.4 is 11.1 Å². The summed E-state index contributed by atoms with van der Waals surface area (Å²) in [6, 6.07) is 3.20. The average molecular weight is 313 g/mol. The lowest BCUT2D eigenvalue weighted by Crippen LogP contribution is -2.41. The first-order chi connectivity index (χ1) is 9.87. The van der Waals surface area contributed by atoms with E-state index in [-0.39, 0.29) is 11.6 Å². The molecule has 1 aliphatic rings. The van der Waals surface area contributed by atoms with Crippen molar-refractivity contribution in [1.82, 2.24) is 0 Å². The monoisotopic (exact) mass is 312 g/mol. The lowest BCUT2D eigenvalue weighted by Gasteiger charge is -2.31. The van der Waals surface area contributed by atoms with E-state index in [1.807, 2.05) is 13.8 Å². The minimum absolute atomic E-state index is 0.0150. The lowest BCUT2D eigenvalue weighted by atomic mass is 9.93. The highest BCUT2D eigenvalue weighted by Crippen LogP contribution is 2.36. The second kappa shape index (κ2) is 6.12. The Morgan fingerprint density at radius 3 is 2.90 bits per heavy atom. The van der Waals surface area contributed by atoms with E-state index in [4.69, 9.17) is 26.8 Å². The number of nitrogens with two attached hydrogens (primary N) is 1. The summed E-state index contributed by atoms with van der Waals surface area (Å²) in [5.74, 6) is -0.440. The number of ether oxygens (including phenoxy) is 2. The summed E-state index contributed by atoms with van der Waals surface area (Å²) in [4.78, 5) is 12.1. The van der Waals surface area contributed by atoms with Crippen molar-refractivity contribution < 1.29 is 14.3 Å². The Hall–Kier alpha value is -1.46. The highest BCUT2D eigenvalue weighted by atomic mass is 35.5. The minimum Gasteiger partial charge on any atom is -0.462 e. The Labute approximate surface area is 129 Å². The van der Waals surface area contributed by atoms with Gasteiger partial charge >= 0.3 is 5.97 Å². The first-order valence-corrected chi connectivity index (χ1v) is 7.41. The standard InChI is InChI=1S/C15H21ClN2O3/c1-4-20-14(19)11-7-10(17)8-12(16)13(11)18-15(3)5-6-21-9(15)2/h7-9,18H,4-6,17H2,1-3H3. The Morgan fingerprint density at radius 1 is 1.62 bits per heavy atom. The number of carbonyl (C=O) groups excluding carboxylic acids is 1. The third kappa shape index (κ3) is 3.24. The van der Waals surface area contributed by atoms with Crippen molar-refractivity contribution in [3.05, 3.63) is 22.7 Å². The molecule has 2 unspecified atom stereocenters. The van der Waals surface area contributed by atoms with Crippen molar-refractivity contribution in [2.45, 2.75) is 38.8 Å². The van der Waals surface area contributed by atoms with Crippen LogP contribution >= 0.6 is 11.6 Å². The molecular weight excluding hydrogens is 292 g/mol. The van der Waals surface area contributed by atoms with E-state index >= 15 is 0 Å². The van der Waals surface area contributed by atoms with Crippen LogP contribution in [0.4, 0.5) is 11.4 Å². The van der Waals surface area contributed by atoms with Crippen LogP contribution in [0.25, 0.3) is 0 Å². The van der Waals surface area contributed by atoms with Gasteiger partial charge in [0.25, 0.3) is 0 Å². The zero-order valence-electron chi connectivity index (χ0n) is 12.5. The number of halogens is 1. The fourth-order valence-electron chi connectivity index (χ4n) is 2.41. The first-order valence-electron chi connectivity index (χ1n) is 7.03. The number of benzene rings is 1. The third-order valence-electron chi connectivity index (χ3n) is 3.90. The van der Waals surface area contributed by atoms with Gasteiger partial charge in [-0.05, 0) is 39.3 Å². The van der Waals surface area contributed by atoms with Gasteiger partial charge in [-0.1, -0.05) is 11.6 Å². The number of hydrogen-bond acceptors (Lipinski definition) is 5. The zero-order chi connectivity index (χ0) is 15.6.